The molecule has 74 valence electrons. The number of aromatic nitrogens is 3. The van der Waals surface area contributed by atoms with E-state index < -0.39 is 0 Å². The lowest BCUT2D eigenvalue weighted by atomic mass is 9.96. The highest BCUT2D eigenvalue weighted by atomic mass is 16.5. The number of hydrogen-bond acceptors (Lipinski definition) is 3. The van der Waals surface area contributed by atoms with Crippen molar-refractivity contribution >= 4 is 0 Å². The Morgan fingerprint density at radius 1 is 1.54 bits per heavy atom. The highest BCUT2D eigenvalue weighted by Crippen LogP contribution is 2.20. The zero-order valence-electron chi connectivity index (χ0n) is 8.69. The molecule has 0 fully saturated rings. The van der Waals surface area contributed by atoms with Crippen molar-refractivity contribution in [1.82, 2.24) is 14.8 Å². The molecule has 0 saturated carbocycles. The van der Waals surface area contributed by atoms with Gasteiger partial charge < -0.3 is 4.74 Å². The lowest BCUT2D eigenvalue weighted by molar-refractivity contribution is 0.159. The molecular weight excluding hydrogens is 166 g/mol. The molecule has 1 aromatic heterocycles. The number of aryl methyl sites for hydroxylation is 1. The standard InChI is InChI=1S/C9H17N3O/c1-7(2)8(5-13-4)9-10-6-12(3)11-9/h6-8H,5H2,1-4H3. The second kappa shape index (κ2) is 4.37. The number of ether oxygens (including phenoxy) is 1. The first-order valence-electron chi connectivity index (χ1n) is 4.49. The van der Waals surface area contributed by atoms with Crippen molar-refractivity contribution in [3.05, 3.63) is 12.2 Å². The normalized spacial score (nSPS) is 13.6. The van der Waals surface area contributed by atoms with Crippen molar-refractivity contribution < 1.29 is 4.74 Å². The molecule has 1 unspecified atom stereocenters. The molecule has 0 saturated heterocycles. The molecule has 1 atom stereocenters. The van der Waals surface area contributed by atoms with Gasteiger partial charge in [0.25, 0.3) is 0 Å². The van der Waals surface area contributed by atoms with Crippen molar-refractivity contribution in [3.8, 4) is 0 Å². The second-order valence-corrected chi connectivity index (χ2v) is 3.58. The molecule has 0 bridgehead atoms. The Bertz CT molecular complexity index is 257. The lowest BCUT2D eigenvalue weighted by Crippen LogP contribution is -2.14. The number of nitrogens with zero attached hydrogens (tertiary/aromatic N) is 3. The monoisotopic (exact) mass is 183 g/mol. The summed E-state index contributed by atoms with van der Waals surface area (Å²) in [6.07, 6.45) is 1.72. The second-order valence-electron chi connectivity index (χ2n) is 3.58. The minimum Gasteiger partial charge on any atom is -0.384 e. The Labute approximate surface area is 78.9 Å². The van der Waals surface area contributed by atoms with Crippen LogP contribution in [0.2, 0.25) is 0 Å². The Balaban J connectivity index is 2.75. The SMILES string of the molecule is COCC(c1ncn(C)n1)C(C)C. The van der Waals surface area contributed by atoms with E-state index in [9.17, 15) is 0 Å². The Morgan fingerprint density at radius 2 is 2.23 bits per heavy atom. The largest absolute Gasteiger partial charge is 0.384 e. The summed E-state index contributed by atoms with van der Waals surface area (Å²) in [4.78, 5) is 4.23. The van der Waals surface area contributed by atoms with Gasteiger partial charge in [-0.3, -0.25) is 4.68 Å². The van der Waals surface area contributed by atoms with Crippen molar-refractivity contribution in [3.63, 3.8) is 0 Å². The molecule has 4 heteroatoms. The van der Waals surface area contributed by atoms with Crippen LogP contribution in [0.15, 0.2) is 6.33 Å². The minimum absolute atomic E-state index is 0.297. The topological polar surface area (TPSA) is 39.9 Å². The molecule has 1 heterocycles. The van der Waals surface area contributed by atoms with E-state index >= 15 is 0 Å². The molecule has 4 nitrogen and oxygen atoms in total. The molecule has 13 heavy (non-hydrogen) atoms. The molecule has 0 aliphatic rings. The fraction of sp³-hybridized carbons (Fsp3) is 0.778. The van der Waals surface area contributed by atoms with E-state index in [4.69, 9.17) is 4.74 Å². The summed E-state index contributed by atoms with van der Waals surface area (Å²) < 4.78 is 6.86. The molecular formula is C9H17N3O. The molecule has 0 aromatic carbocycles. The van der Waals surface area contributed by atoms with Gasteiger partial charge >= 0.3 is 0 Å². The van der Waals surface area contributed by atoms with Crippen molar-refractivity contribution in [2.24, 2.45) is 13.0 Å². The van der Waals surface area contributed by atoms with Gasteiger partial charge in [-0.1, -0.05) is 13.8 Å². The number of methoxy groups -OCH3 is 1. The molecule has 0 N–H and O–H groups in total. The summed E-state index contributed by atoms with van der Waals surface area (Å²) in [5.74, 6) is 1.67. The van der Waals surface area contributed by atoms with Crippen LogP contribution in [0, 0.1) is 5.92 Å². The quantitative estimate of drug-likeness (QED) is 0.704. The van der Waals surface area contributed by atoms with E-state index in [1.165, 1.54) is 0 Å². The first-order valence-corrected chi connectivity index (χ1v) is 4.49. The Kier molecular flexibility index (Phi) is 3.42. The molecule has 0 aliphatic heterocycles. The molecule has 0 amide bonds. The molecule has 0 spiro atoms. The zero-order chi connectivity index (χ0) is 9.84. The fourth-order valence-corrected chi connectivity index (χ4v) is 1.27. The minimum atomic E-state index is 0.297. The maximum atomic E-state index is 5.14. The maximum absolute atomic E-state index is 5.14. The average molecular weight is 183 g/mol. The third-order valence-corrected chi connectivity index (χ3v) is 2.10. The number of hydrogen-bond donors (Lipinski definition) is 0. The van der Waals surface area contributed by atoms with Crippen molar-refractivity contribution in [1.29, 1.82) is 0 Å². The highest BCUT2D eigenvalue weighted by Gasteiger charge is 2.19. The molecule has 0 radical (unpaired) electrons. The maximum Gasteiger partial charge on any atom is 0.156 e. The summed E-state index contributed by atoms with van der Waals surface area (Å²) in [6.45, 7) is 4.99. The zero-order valence-corrected chi connectivity index (χ0v) is 8.69. The van der Waals surface area contributed by atoms with Crippen LogP contribution in [0.5, 0.6) is 0 Å². The van der Waals surface area contributed by atoms with E-state index in [-0.39, 0.29) is 0 Å². The summed E-state index contributed by atoms with van der Waals surface area (Å²) in [7, 11) is 3.58. The van der Waals surface area contributed by atoms with Gasteiger partial charge in [-0.2, -0.15) is 5.10 Å². The highest BCUT2D eigenvalue weighted by molar-refractivity contribution is 4.95. The van der Waals surface area contributed by atoms with Crippen LogP contribution in [0.25, 0.3) is 0 Å². The summed E-state index contributed by atoms with van der Waals surface area (Å²) in [5, 5.41) is 4.28. The van der Waals surface area contributed by atoms with Crippen LogP contribution in [0.1, 0.15) is 25.6 Å². The molecule has 0 aliphatic carbocycles. The first-order chi connectivity index (χ1) is 6.15. The first kappa shape index (κ1) is 10.2. The van der Waals surface area contributed by atoms with Gasteiger partial charge in [-0.25, -0.2) is 4.98 Å². The van der Waals surface area contributed by atoms with Gasteiger partial charge in [0.05, 0.1) is 6.61 Å². The van der Waals surface area contributed by atoms with Crippen LogP contribution >= 0.6 is 0 Å². The summed E-state index contributed by atoms with van der Waals surface area (Å²) in [5.41, 5.74) is 0. The lowest BCUT2D eigenvalue weighted by Gasteiger charge is -2.15. The van der Waals surface area contributed by atoms with E-state index in [1.54, 1.807) is 18.1 Å². The average Bonchev–Trinajstić information content (AvgIpc) is 2.46. The van der Waals surface area contributed by atoms with Crippen LogP contribution in [0.3, 0.4) is 0 Å². The van der Waals surface area contributed by atoms with Gasteiger partial charge in [-0.05, 0) is 5.92 Å². The third-order valence-electron chi connectivity index (χ3n) is 2.10. The molecule has 1 rings (SSSR count). The van der Waals surface area contributed by atoms with Gasteiger partial charge in [0, 0.05) is 20.1 Å². The van der Waals surface area contributed by atoms with E-state index in [2.05, 4.69) is 23.9 Å². The van der Waals surface area contributed by atoms with E-state index in [0.29, 0.717) is 18.4 Å². The smallest absolute Gasteiger partial charge is 0.156 e. The molecule has 1 aromatic rings. The summed E-state index contributed by atoms with van der Waals surface area (Å²) in [6, 6.07) is 0. The van der Waals surface area contributed by atoms with Crippen molar-refractivity contribution in [2.75, 3.05) is 13.7 Å². The van der Waals surface area contributed by atoms with Crippen LogP contribution in [-0.2, 0) is 11.8 Å². The van der Waals surface area contributed by atoms with E-state index in [0.717, 1.165) is 5.82 Å². The fourth-order valence-electron chi connectivity index (χ4n) is 1.27. The Morgan fingerprint density at radius 3 is 2.62 bits per heavy atom. The van der Waals surface area contributed by atoms with Gasteiger partial charge in [0.15, 0.2) is 5.82 Å². The van der Waals surface area contributed by atoms with Crippen LogP contribution in [0.4, 0.5) is 0 Å². The predicted molar refractivity (Wildman–Crippen MR) is 50.5 cm³/mol. The van der Waals surface area contributed by atoms with Crippen LogP contribution in [-0.4, -0.2) is 28.5 Å². The van der Waals surface area contributed by atoms with Gasteiger partial charge in [-0.15, -0.1) is 0 Å². The third kappa shape index (κ3) is 2.52. The van der Waals surface area contributed by atoms with Crippen LogP contribution < -0.4 is 0 Å². The number of rotatable bonds is 4. The van der Waals surface area contributed by atoms with E-state index in [1.807, 2.05) is 7.05 Å². The van der Waals surface area contributed by atoms with Gasteiger partial charge in [0.2, 0.25) is 0 Å². The Hall–Kier alpha value is -0.900. The van der Waals surface area contributed by atoms with Gasteiger partial charge in [0.1, 0.15) is 6.33 Å². The summed E-state index contributed by atoms with van der Waals surface area (Å²) >= 11 is 0. The van der Waals surface area contributed by atoms with Crippen molar-refractivity contribution in [2.45, 2.75) is 19.8 Å². The predicted octanol–water partition coefficient (Wildman–Crippen LogP) is 1.20.